The van der Waals surface area contributed by atoms with Crippen LogP contribution in [0.1, 0.15) is 27.9 Å². The van der Waals surface area contributed by atoms with Crippen molar-refractivity contribution in [2.45, 2.75) is 25.3 Å². The molecule has 8 heteroatoms. The van der Waals surface area contributed by atoms with Crippen LogP contribution in [0.2, 0.25) is 5.02 Å². The Labute approximate surface area is 214 Å². The molecular weight excluding hydrogens is 480 g/mol. The van der Waals surface area contributed by atoms with E-state index >= 15 is 0 Å². The van der Waals surface area contributed by atoms with Crippen molar-refractivity contribution in [3.8, 4) is 0 Å². The summed E-state index contributed by atoms with van der Waals surface area (Å²) >= 11 is 5.97. The van der Waals surface area contributed by atoms with Crippen LogP contribution in [-0.2, 0) is 32.0 Å². The van der Waals surface area contributed by atoms with Gasteiger partial charge in [-0.05, 0) is 53.9 Å². The molecule has 184 valence electrons. The third kappa shape index (κ3) is 5.63. The molecule has 4 rings (SSSR count). The second-order valence-corrected chi connectivity index (χ2v) is 8.89. The summed E-state index contributed by atoms with van der Waals surface area (Å²) in [5.41, 5.74) is 2.43. The minimum atomic E-state index is -0.915. The lowest BCUT2D eigenvalue weighted by atomic mass is 10.1. The van der Waals surface area contributed by atoms with Gasteiger partial charge in [-0.3, -0.25) is 14.4 Å². The average Bonchev–Trinajstić information content (AvgIpc) is 3.19. The van der Waals surface area contributed by atoms with Crippen LogP contribution < -0.4 is 4.90 Å². The van der Waals surface area contributed by atoms with E-state index in [-0.39, 0.29) is 25.3 Å². The highest BCUT2D eigenvalue weighted by Crippen LogP contribution is 2.27. The summed E-state index contributed by atoms with van der Waals surface area (Å²) in [6.45, 7) is 0.287. The Morgan fingerprint density at radius 1 is 0.944 bits per heavy atom. The lowest BCUT2D eigenvalue weighted by molar-refractivity contribution is -0.137. The number of ether oxygens (including phenoxy) is 1. The number of benzene rings is 3. The first-order valence-corrected chi connectivity index (χ1v) is 11.9. The van der Waals surface area contributed by atoms with Crippen LogP contribution in [0.4, 0.5) is 5.69 Å². The van der Waals surface area contributed by atoms with Crippen molar-refractivity contribution >= 4 is 41.0 Å². The molecule has 1 heterocycles. The van der Waals surface area contributed by atoms with E-state index in [4.69, 9.17) is 16.3 Å². The zero-order chi connectivity index (χ0) is 25.7. The van der Waals surface area contributed by atoms with Gasteiger partial charge in [-0.1, -0.05) is 54.1 Å². The van der Waals surface area contributed by atoms with Gasteiger partial charge in [-0.2, -0.15) is 0 Å². The highest BCUT2D eigenvalue weighted by molar-refractivity contribution is 6.30. The van der Waals surface area contributed by atoms with Gasteiger partial charge < -0.3 is 9.64 Å². The van der Waals surface area contributed by atoms with E-state index in [9.17, 15) is 19.2 Å². The van der Waals surface area contributed by atoms with E-state index in [0.29, 0.717) is 22.7 Å². The summed E-state index contributed by atoms with van der Waals surface area (Å²) in [5.74, 6) is -1.64. The van der Waals surface area contributed by atoms with Crippen LogP contribution in [0.5, 0.6) is 0 Å². The first-order chi connectivity index (χ1) is 17.4. The van der Waals surface area contributed by atoms with Crippen molar-refractivity contribution in [2.75, 3.05) is 18.6 Å². The van der Waals surface area contributed by atoms with Gasteiger partial charge in [-0.15, -0.1) is 0 Å². The summed E-state index contributed by atoms with van der Waals surface area (Å²) in [6, 6.07) is 21.7. The lowest BCUT2D eigenvalue weighted by Gasteiger charge is -2.28. The largest absolute Gasteiger partial charge is 0.465 e. The number of esters is 1. The Hall–Kier alpha value is -3.97. The van der Waals surface area contributed by atoms with Crippen molar-refractivity contribution in [1.29, 1.82) is 0 Å². The van der Waals surface area contributed by atoms with Crippen molar-refractivity contribution in [2.24, 2.45) is 0 Å². The standard InChI is InChI=1S/C28H25ClN2O5/c1-36-28(35)21-9-13-23(14-10-21)31-26(33)18-24(27(31)34)30(16-15-19-5-3-2-4-6-19)25(32)17-20-7-11-22(29)12-8-20/h2-14,24H,15-18H2,1H3. The fourth-order valence-corrected chi connectivity index (χ4v) is 4.35. The van der Waals surface area contributed by atoms with E-state index in [1.165, 1.54) is 36.3 Å². The van der Waals surface area contributed by atoms with Gasteiger partial charge in [0.15, 0.2) is 0 Å². The fourth-order valence-electron chi connectivity index (χ4n) is 4.22. The number of hydrogen-bond donors (Lipinski definition) is 0. The predicted molar refractivity (Wildman–Crippen MR) is 136 cm³/mol. The van der Waals surface area contributed by atoms with Crippen LogP contribution >= 0.6 is 11.6 Å². The average molecular weight is 505 g/mol. The number of carbonyl (C=O) groups excluding carboxylic acids is 4. The maximum absolute atomic E-state index is 13.4. The molecule has 1 saturated heterocycles. The molecule has 0 bridgehead atoms. The first kappa shape index (κ1) is 25.1. The van der Waals surface area contributed by atoms with Crippen molar-refractivity contribution < 1.29 is 23.9 Å². The van der Waals surface area contributed by atoms with Gasteiger partial charge >= 0.3 is 5.97 Å². The molecule has 1 fully saturated rings. The summed E-state index contributed by atoms with van der Waals surface area (Å²) in [5, 5.41) is 0.567. The molecule has 0 spiro atoms. The molecule has 3 amide bonds. The van der Waals surface area contributed by atoms with E-state index in [1.54, 1.807) is 24.3 Å². The van der Waals surface area contributed by atoms with Gasteiger partial charge in [0, 0.05) is 11.6 Å². The smallest absolute Gasteiger partial charge is 0.337 e. The molecule has 1 aliphatic heterocycles. The molecule has 0 aromatic heterocycles. The van der Waals surface area contributed by atoms with E-state index in [2.05, 4.69) is 0 Å². The second-order valence-electron chi connectivity index (χ2n) is 8.45. The lowest BCUT2D eigenvalue weighted by Crippen LogP contribution is -2.47. The van der Waals surface area contributed by atoms with Crippen LogP contribution in [0.3, 0.4) is 0 Å². The number of rotatable bonds is 8. The maximum atomic E-state index is 13.4. The summed E-state index contributed by atoms with van der Waals surface area (Å²) in [4.78, 5) is 54.1. The van der Waals surface area contributed by atoms with E-state index < -0.39 is 23.8 Å². The molecule has 1 atom stereocenters. The number of amides is 3. The number of methoxy groups -OCH3 is 1. The topological polar surface area (TPSA) is 84.0 Å². The molecule has 1 aliphatic rings. The number of nitrogens with zero attached hydrogens (tertiary/aromatic N) is 2. The Bertz CT molecular complexity index is 1260. The van der Waals surface area contributed by atoms with Crippen LogP contribution in [0.15, 0.2) is 78.9 Å². The van der Waals surface area contributed by atoms with Crippen LogP contribution in [0, 0.1) is 0 Å². The molecule has 0 N–H and O–H groups in total. The number of carbonyl (C=O) groups is 4. The number of anilines is 1. The molecule has 36 heavy (non-hydrogen) atoms. The Kier molecular flexibility index (Phi) is 7.80. The van der Waals surface area contributed by atoms with Crippen molar-refractivity contribution in [1.82, 2.24) is 4.90 Å². The monoisotopic (exact) mass is 504 g/mol. The van der Waals surface area contributed by atoms with Crippen molar-refractivity contribution in [3.63, 3.8) is 0 Å². The van der Waals surface area contributed by atoms with E-state index in [1.807, 2.05) is 30.3 Å². The maximum Gasteiger partial charge on any atom is 0.337 e. The van der Waals surface area contributed by atoms with Crippen LogP contribution in [-0.4, -0.2) is 48.3 Å². The summed E-state index contributed by atoms with van der Waals surface area (Å²) in [7, 11) is 1.28. The molecule has 3 aromatic rings. The Morgan fingerprint density at radius 3 is 2.25 bits per heavy atom. The first-order valence-electron chi connectivity index (χ1n) is 11.5. The van der Waals surface area contributed by atoms with Gasteiger partial charge in [0.25, 0.3) is 5.91 Å². The minimum Gasteiger partial charge on any atom is -0.465 e. The number of halogens is 1. The molecule has 7 nitrogen and oxygen atoms in total. The Morgan fingerprint density at radius 2 is 1.61 bits per heavy atom. The fraction of sp³-hybridized carbons (Fsp3) is 0.214. The molecular formula is C28H25ClN2O5. The summed E-state index contributed by atoms with van der Waals surface area (Å²) in [6.07, 6.45) is 0.509. The third-order valence-corrected chi connectivity index (χ3v) is 6.37. The molecule has 1 unspecified atom stereocenters. The summed E-state index contributed by atoms with van der Waals surface area (Å²) < 4.78 is 4.70. The predicted octanol–water partition coefficient (Wildman–Crippen LogP) is 4.07. The zero-order valence-corrected chi connectivity index (χ0v) is 20.5. The third-order valence-electron chi connectivity index (χ3n) is 6.12. The zero-order valence-electron chi connectivity index (χ0n) is 19.7. The SMILES string of the molecule is COC(=O)c1ccc(N2C(=O)CC(N(CCc3ccccc3)C(=O)Cc3ccc(Cl)cc3)C2=O)cc1. The minimum absolute atomic E-state index is 0.0811. The molecule has 0 aliphatic carbocycles. The molecule has 0 radical (unpaired) electrons. The van der Waals surface area contributed by atoms with Gasteiger partial charge in [-0.25, -0.2) is 9.69 Å². The van der Waals surface area contributed by atoms with Crippen LogP contribution in [0.25, 0.3) is 0 Å². The number of imide groups is 1. The van der Waals surface area contributed by atoms with E-state index in [0.717, 1.165) is 16.0 Å². The van der Waals surface area contributed by atoms with Gasteiger partial charge in [0.1, 0.15) is 6.04 Å². The highest BCUT2D eigenvalue weighted by atomic mass is 35.5. The molecule has 0 saturated carbocycles. The number of hydrogen-bond acceptors (Lipinski definition) is 5. The van der Waals surface area contributed by atoms with Gasteiger partial charge in [0.05, 0.1) is 31.2 Å². The normalized spacial score (nSPS) is 15.2. The molecule has 3 aromatic carbocycles. The second kappa shape index (κ2) is 11.2. The van der Waals surface area contributed by atoms with Gasteiger partial charge in [0.2, 0.25) is 11.8 Å². The highest BCUT2D eigenvalue weighted by Gasteiger charge is 2.44. The Balaban J connectivity index is 1.57. The van der Waals surface area contributed by atoms with Crippen molar-refractivity contribution in [3.05, 3.63) is 101 Å². The quantitative estimate of drug-likeness (QED) is 0.341.